The number of ether oxygens (including phenoxy) is 2. The number of nitrogens with one attached hydrogen (secondary N) is 1. The molecule has 7 nitrogen and oxygen atoms in total. The first kappa shape index (κ1) is 17.5. The standard InChI is InChI=1S/C21H18N4O3/c1-27-17-11-5-3-8-14(17)19-23-24-20-16(10-7-13-25(19)20)22-21(26)15-9-4-6-12-18(15)28-2/h3-13H,1-2H3,(H,22,26). The van der Waals surface area contributed by atoms with Gasteiger partial charge in [0.05, 0.1) is 31.0 Å². The average molecular weight is 374 g/mol. The molecule has 0 fully saturated rings. The minimum absolute atomic E-state index is 0.285. The second-order valence-electron chi connectivity index (χ2n) is 5.99. The Kier molecular flexibility index (Phi) is 4.63. The summed E-state index contributed by atoms with van der Waals surface area (Å²) in [6.45, 7) is 0. The van der Waals surface area contributed by atoms with Crippen molar-refractivity contribution in [1.82, 2.24) is 14.6 Å². The van der Waals surface area contributed by atoms with E-state index < -0.39 is 0 Å². The first-order chi connectivity index (χ1) is 13.7. The van der Waals surface area contributed by atoms with Crippen LogP contribution < -0.4 is 14.8 Å². The number of carbonyl (C=O) groups is 1. The maximum Gasteiger partial charge on any atom is 0.259 e. The second-order valence-corrected chi connectivity index (χ2v) is 5.99. The third-order valence-corrected chi connectivity index (χ3v) is 4.38. The smallest absolute Gasteiger partial charge is 0.259 e. The molecule has 2 aromatic carbocycles. The van der Waals surface area contributed by atoms with E-state index in [-0.39, 0.29) is 5.91 Å². The fourth-order valence-electron chi connectivity index (χ4n) is 3.05. The Balaban J connectivity index is 1.74. The first-order valence-electron chi connectivity index (χ1n) is 8.64. The monoisotopic (exact) mass is 374 g/mol. The van der Waals surface area contributed by atoms with Crippen molar-refractivity contribution in [2.45, 2.75) is 0 Å². The van der Waals surface area contributed by atoms with E-state index in [0.29, 0.717) is 34.2 Å². The van der Waals surface area contributed by atoms with Crippen LogP contribution in [0.5, 0.6) is 11.5 Å². The summed E-state index contributed by atoms with van der Waals surface area (Å²) in [7, 11) is 3.14. The zero-order chi connectivity index (χ0) is 19.5. The highest BCUT2D eigenvalue weighted by Gasteiger charge is 2.17. The molecular weight excluding hydrogens is 356 g/mol. The molecule has 0 atom stereocenters. The van der Waals surface area contributed by atoms with Crippen LogP contribution in [0.1, 0.15) is 10.4 Å². The molecule has 7 heteroatoms. The van der Waals surface area contributed by atoms with Crippen molar-refractivity contribution >= 4 is 17.2 Å². The molecule has 0 aliphatic heterocycles. The number of carbonyl (C=O) groups excluding carboxylic acids is 1. The first-order valence-corrected chi connectivity index (χ1v) is 8.64. The lowest BCUT2D eigenvalue weighted by Crippen LogP contribution is -2.14. The predicted molar refractivity (Wildman–Crippen MR) is 106 cm³/mol. The van der Waals surface area contributed by atoms with Gasteiger partial charge in [0, 0.05) is 6.20 Å². The molecule has 0 aliphatic carbocycles. The van der Waals surface area contributed by atoms with Crippen LogP contribution in [0.15, 0.2) is 66.9 Å². The molecule has 1 N–H and O–H groups in total. The van der Waals surface area contributed by atoms with Crippen molar-refractivity contribution in [2.24, 2.45) is 0 Å². The maximum absolute atomic E-state index is 12.7. The largest absolute Gasteiger partial charge is 0.496 e. The average Bonchev–Trinajstić information content (AvgIpc) is 3.18. The van der Waals surface area contributed by atoms with Gasteiger partial charge in [0.15, 0.2) is 11.5 Å². The minimum atomic E-state index is -0.285. The SMILES string of the molecule is COc1ccccc1C(=O)Nc1cccn2c(-c3ccccc3OC)nnc12. The fourth-order valence-corrected chi connectivity index (χ4v) is 3.05. The number of hydrogen-bond acceptors (Lipinski definition) is 5. The van der Waals surface area contributed by atoms with Crippen molar-refractivity contribution < 1.29 is 14.3 Å². The van der Waals surface area contributed by atoms with Gasteiger partial charge >= 0.3 is 0 Å². The van der Waals surface area contributed by atoms with E-state index in [0.717, 1.165) is 5.56 Å². The van der Waals surface area contributed by atoms with Crippen LogP contribution in [0.25, 0.3) is 17.0 Å². The minimum Gasteiger partial charge on any atom is -0.496 e. The molecule has 0 spiro atoms. The number of hydrogen-bond donors (Lipinski definition) is 1. The summed E-state index contributed by atoms with van der Waals surface area (Å²) in [5, 5.41) is 11.5. The molecule has 4 rings (SSSR count). The maximum atomic E-state index is 12.7. The number of nitrogens with zero attached hydrogens (tertiary/aromatic N) is 3. The summed E-state index contributed by atoms with van der Waals surface area (Å²) in [4.78, 5) is 12.7. The van der Waals surface area contributed by atoms with Crippen LogP contribution in [0.3, 0.4) is 0 Å². The summed E-state index contributed by atoms with van der Waals surface area (Å²) in [6, 6.07) is 18.2. The summed E-state index contributed by atoms with van der Waals surface area (Å²) >= 11 is 0. The summed E-state index contributed by atoms with van der Waals surface area (Å²) < 4.78 is 12.5. The predicted octanol–water partition coefficient (Wildman–Crippen LogP) is 3.67. The van der Waals surface area contributed by atoms with E-state index in [2.05, 4.69) is 15.5 Å². The van der Waals surface area contributed by atoms with Crippen LogP contribution in [0, 0.1) is 0 Å². The molecule has 140 valence electrons. The number of para-hydroxylation sites is 2. The topological polar surface area (TPSA) is 77.8 Å². The molecule has 2 aromatic heterocycles. The van der Waals surface area contributed by atoms with Gasteiger partial charge in [-0.25, -0.2) is 0 Å². The van der Waals surface area contributed by atoms with Gasteiger partial charge < -0.3 is 14.8 Å². The van der Waals surface area contributed by atoms with Gasteiger partial charge in [-0.3, -0.25) is 9.20 Å². The normalized spacial score (nSPS) is 10.6. The number of fused-ring (bicyclic) bond motifs is 1. The van der Waals surface area contributed by atoms with Crippen LogP contribution in [-0.2, 0) is 0 Å². The number of pyridine rings is 1. The molecule has 28 heavy (non-hydrogen) atoms. The van der Waals surface area contributed by atoms with E-state index in [1.165, 1.54) is 7.11 Å². The molecule has 0 aliphatic rings. The molecule has 0 saturated carbocycles. The second kappa shape index (κ2) is 7.40. The Labute approximate surface area is 161 Å². The Hall–Kier alpha value is -3.87. The molecule has 0 bridgehead atoms. The quantitative estimate of drug-likeness (QED) is 0.577. The molecule has 2 heterocycles. The van der Waals surface area contributed by atoms with Gasteiger partial charge in [-0.15, -0.1) is 10.2 Å². The highest BCUT2D eigenvalue weighted by Crippen LogP contribution is 2.30. The molecule has 0 unspecified atom stereocenters. The lowest BCUT2D eigenvalue weighted by atomic mass is 10.2. The Morgan fingerprint density at radius 3 is 2.39 bits per heavy atom. The number of aromatic nitrogens is 3. The van der Waals surface area contributed by atoms with E-state index in [1.807, 2.05) is 47.0 Å². The summed E-state index contributed by atoms with van der Waals surface area (Å²) in [6.07, 6.45) is 1.84. The Bertz CT molecular complexity index is 1150. The summed E-state index contributed by atoms with van der Waals surface area (Å²) in [5.41, 5.74) is 2.33. The van der Waals surface area contributed by atoms with E-state index in [4.69, 9.17) is 9.47 Å². The van der Waals surface area contributed by atoms with Gasteiger partial charge in [0.2, 0.25) is 0 Å². The lowest BCUT2D eigenvalue weighted by Gasteiger charge is -2.10. The molecule has 0 radical (unpaired) electrons. The lowest BCUT2D eigenvalue weighted by molar-refractivity contribution is 0.102. The van der Waals surface area contributed by atoms with Gasteiger partial charge in [-0.05, 0) is 36.4 Å². The fraction of sp³-hybridized carbons (Fsp3) is 0.0952. The number of rotatable bonds is 5. The van der Waals surface area contributed by atoms with Crippen LogP contribution >= 0.6 is 0 Å². The van der Waals surface area contributed by atoms with Crippen molar-refractivity contribution in [2.75, 3.05) is 19.5 Å². The van der Waals surface area contributed by atoms with Gasteiger partial charge in [-0.2, -0.15) is 0 Å². The van der Waals surface area contributed by atoms with Crippen molar-refractivity contribution in [3.8, 4) is 22.9 Å². The molecule has 0 saturated heterocycles. The number of amides is 1. The third-order valence-electron chi connectivity index (χ3n) is 4.38. The van der Waals surface area contributed by atoms with E-state index in [9.17, 15) is 4.79 Å². The van der Waals surface area contributed by atoms with Crippen LogP contribution in [0.4, 0.5) is 5.69 Å². The number of anilines is 1. The van der Waals surface area contributed by atoms with Crippen molar-refractivity contribution in [3.05, 3.63) is 72.4 Å². The zero-order valence-corrected chi connectivity index (χ0v) is 15.4. The zero-order valence-electron chi connectivity index (χ0n) is 15.4. The van der Waals surface area contributed by atoms with Crippen LogP contribution in [-0.4, -0.2) is 34.7 Å². The molecule has 1 amide bonds. The van der Waals surface area contributed by atoms with E-state index in [1.54, 1.807) is 31.4 Å². The molecule has 4 aromatic rings. The van der Waals surface area contributed by atoms with Crippen LogP contribution in [0.2, 0.25) is 0 Å². The highest BCUT2D eigenvalue weighted by atomic mass is 16.5. The van der Waals surface area contributed by atoms with Gasteiger partial charge in [0.1, 0.15) is 11.5 Å². The van der Waals surface area contributed by atoms with Crippen molar-refractivity contribution in [1.29, 1.82) is 0 Å². The van der Waals surface area contributed by atoms with Gasteiger partial charge in [-0.1, -0.05) is 24.3 Å². The Morgan fingerprint density at radius 2 is 1.61 bits per heavy atom. The summed E-state index contributed by atoms with van der Waals surface area (Å²) in [5.74, 6) is 1.54. The number of benzene rings is 2. The third kappa shape index (κ3) is 3.03. The van der Waals surface area contributed by atoms with Crippen molar-refractivity contribution in [3.63, 3.8) is 0 Å². The molecular formula is C21H18N4O3. The van der Waals surface area contributed by atoms with E-state index >= 15 is 0 Å². The highest BCUT2D eigenvalue weighted by molar-refractivity contribution is 6.07. The van der Waals surface area contributed by atoms with Gasteiger partial charge in [0.25, 0.3) is 5.91 Å². The number of methoxy groups -OCH3 is 2. The Morgan fingerprint density at radius 1 is 0.893 bits per heavy atom.